The first-order valence-corrected chi connectivity index (χ1v) is 6.94. The number of aromatic nitrogens is 4. The van der Waals surface area contributed by atoms with E-state index in [2.05, 4.69) is 19.9 Å². The van der Waals surface area contributed by atoms with Gasteiger partial charge in [-0.25, -0.2) is 4.98 Å². The van der Waals surface area contributed by atoms with E-state index in [1.165, 1.54) is 0 Å². The predicted molar refractivity (Wildman–Crippen MR) is 79.9 cm³/mol. The Morgan fingerprint density at radius 2 is 1.81 bits per heavy atom. The van der Waals surface area contributed by atoms with E-state index in [-0.39, 0.29) is 11.9 Å². The van der Waals surface area contributed by atoms with Crippen molar-refractivity contribution in [1.82, 2.24) is 24.4 Å². The number of piperazine rings is 1. The molecule has 0 saturated carbocycles. The molecule has 8 heteroatoms. The van der Waals surface area contributed by atoms with Crippen LogP contribution in [-0.2, 0) is 11.8 Å². The van der Waals surface area contributed by atoms with Crippen molar-refractivity contribution in [3.63, 3.8) is 0 Å². The number of carbonyl (C=O) groups is 1. The second kappa shape index (κ2) is 4.87. The predicted octanol–water partition coefficient (Wildman–Crippen LogP) is -0.0776. The third-order valence-electron chi connectivity index (χ3n) is 3.97. The van der Waals surface area contributed by atoms with Crippen LogP contribution in [0.4, 0.5) is 11.8 Å². The highest BCUT2D eigenvalue weighted by molar-refractivity contribution is 5.85. The molecule has 112 valence electrons. The quantitative estimate of drug-likeness (QED) is 0.789. The van der Waals surface area contributed by atoms with Gasteiger partial charge in [-0.3, -0.25) is 4.79 Å². The molecule has 1 amide bonds. The van der Waals surface area contributed by atoms with Crippen LogP contribution in [0, 0.1) is 6.92 Å². The third kappa shape index (κ3) is 2.26. The molecule has 0 bridgehead atoms. The van der Waals surface area contributed by atoms with Crippen LogP contribution in [0.2, 0.25) is 0 Å². The molecule has 2 N–H and O–H groups in total. The van der Waals surface area contributed by atoms with Gasteiger partial charge in [0.05, 0.1) is 0 Å². The average molecular weight is 289 g/mol. The first kappa shape index (κ1) is 13.6. The Balaban J connectivity index is 1.98. The molecule has 1 fully saturated rings. The maximum Gasteiger partial charge on any atom is 0.224 e. The number of nitrogens with two attached hydrogens (primary N) is 1. The summed E-state index contributed by atoms with van der Waals surface area (Å²) < 4.78 is 1.91. The van der Waals surface area contributed by atoms with E-state index in [0.29, 0.717) is 13.1 Å². The van der Waals surface area contributed by atoms with Gasteiger partial charge in [-0.1, -0.05) is 0 Å². The number of hydrogen-bond acceptors (Lipinski definition) is 6. The Kier molecular flexibility index (Phi) is 3.15. The number of anilines is 2. The molecule has 3 rings (SSSR count). The second-order valence-corrected chi connectivity index (χ2v) is 5.29. The van der Waals surface area contributed by atoms with E-state index < -0.39 is 0 Å². The van der Waals surface area contributed by atoms with E-state index >= 15 is 0 Å². The molecule has 21 heavy (non-hydrogen) atoms. The van der Waals surface area contributed by atoms with Crippen molar-refractivity contribution < 1.29 is 4.79 Å². The van der Waals surface area contributed by atoms with E-state index in [1.54, 1.807) is 6.92 Å². The highest BCUT2D eigenvalue weighted by Crippen LogP contribution is 2.25. The van der Waals surface area contributed by atoms with Crippen LogP contribution in [-0.4, -0.2) is 56.5 Å². The molecule has 1 aliphatic heterocycles. The normalized spacial score (nSPS) is 15.8. The van der Waals surface area contributed by atoms with Gasteiger partial charge in [0, 0.05) is 40.2 Å². The number of nitrogen functional groups attached to an aromatic ring is 1. The van der Waals surface area contributed by atoms with Crippen molar-refractivity contribution >= 4 is 28.8 Å². The lowest BCUT2D eigenvalue weighted by Crippen LogP contribution is -2.48. The fraction of sp³-hybridized carbons (Fsp3) is 0.538. The number of carbonyl (C=O) groups excluding carboxylic acids is 1. The fourth-order valence-electron chi connectivity index (χ4n) is 2.63. The maximum absolute atomic E-state index is 11.4. The zero-order chi connectivity index (χ0) is 15.1. The Hall–Kier alpha value is -2.38. The zero-order valence-electron chi connectivity index (χ0n) is 12.5. The number of fused-ring (bicyclic) bond motifs is 1. The van der Waals surface area contributed by atoms with Gasteiger partial charge < -0.3 is 20.1 Å². The van der Waals surface area contributed by atoms with Crippen LogP contribution in [0.1, 0.15) is 12.7 Å². The van der Waals surface area contributed by atoms with Crippen LogP contribution in [0.5, 0.6) is 0 Å². The van der Waals surface area contributed by atoms with Gasteiger partial charge in [0.15, 0.2) is 17.0 Å². The summed E-state index contributed by atoms with van der Waals surface area (Å²) >= 11 is 0. The summed E-state index contributed by atoms with van der Waals surface area (Å²) in [5, 5.41) is 0. The highest BCUT2D eigenvalue weighted by Gasteiger charge is 2.23. The summed E-state index contributed by atoms with van der Waals surface area (Å²) in [6.45, 7) is 6.34. The Labute approximate surface area is 122 Å². The van der Waals surface area contributed by atoms with Crippen LogP contribution in [0.3, 0.4) is 0 Å². The lowest BCUT2D eigenvalue weighted by Gasteiger charge is -2.34. The van der Waals surface area contributed by atoms with Crippen molar-refractivity contribution in [2.45, 2.75) is 13.8 Å². The minimum absolute atomic E-state index is 0.107. The molecule has 8 nitrogen and oxygen atoms in total. The Morgan fingerprint density at radius 1 is 1.14 bits per heavy atom. The molecule has 1 saturated heterocycles. The van der Waals surface area contributed by atoms with Gasteiger partial charge in [-0.05, 0) is 6.92 Å². The summed E-state index contributed by atoms with van der Waals surface area (Å²) in [6, 6.07) is 0. The summed E-state index contributed by atoms with van der Waals surface area (Å²) in [4.78, 5) is 28.5. The van der Waals surface area contributed by atoms with E-state index in [9.17, 15) is 4.79 Å². The van der Waals surface area contributed by atoms with Crippen LogP contribution in [0.25, 0.3) is 11.2 Å². The molecule has 0 spiro atoms. The molecule has 3 heterocycles. The summed E-state index contributed by atoms with van der Waals surface area (Å²) in [6.07, 6.45) is 0. The first-order valence-electron chi connectivity index (χ1n) is 6.94. The summed E-state index contributed by atoms with van der Waals surface area (Å²) in [7, 11) is 1.91. The van der Waals surface area contributed by atoms with Gasteiger partial charge in [-0.15, -0.1) is 0 Å². The number of hydrogen-bond donors (Lipinski definition) is 1. The lowest BCUT2D eigenvalue weighted by molar-refractivity contribution is -0.129. The standard InChI is InChI=1S/C13H19N7O/c1-8-15-10-11(18(8)3)16-13(14)17-12(10)20-6-4-19(5-7-20)9(2)21/h4-7H2,1-3H3,(H2,14,16,17). The van der Waals surface area contributed by atoms with Gasteiger partial charge in [0.1, 0.15) is 5.82 Å². The fourth-order valence-corrected chi connectivity index (χ4v) is 2.63. The van der Waals surface area contributed by atoms with Gasteiger partial charge >= 0.3 is 0 Å². The molecule has 0 atom stereocenters. The monoisotopic (exact) mass is 289 g/mol. The maximum atomic E-state index is 11.4. The van der Waals surface area contributed by atoms with Gasteiger partial charge in [-0.2, -0.15) is 9.97 Å². The number of aryl methyl sites for hydroxylation is 2. The van der Waals surface area contributed by atoms with Crippen molar-refractivity contribution in [1.29, 1.82) is 0 Å². The van der Waals surface area contributed by atoms with Crippen molar-refractivity contribution in [2.24, 2.45) is 7.05 Å². The number of amides is 1. The van der Waals surface area contributed by atoms with Crippen molar-refractivity contribution in [2.75, 3.05) is 36.8 Å². The minimum Gasteiger partial charge on any atom is -0.368 e. The van der Waals surface area contributed by atoms with Gasteiger partial charge in [0.2, 0.25) is 11.9 Å². The first-order chi connectivity index (χ1) is 9.97. The Morgan fingerprint density at radius 3 is 2.43 bits per heavy atom. The summed E-state index contributed by atoms with van der Waals surface area (Å²) in [5.41, 5.74) is 7.33. The minimum atomic E-state index is 0.107. The molecule has 2 aromatic rings. The SMILES string of the molecule is CC(=O)N1CCN(c2nc(N)nc3c2nc(C)n3C)CC1. The topological polar surface area (TPSA) is 93.2 Å². The van der Waals surface area contributed by atoms with Crippen molar-refractivity contribution in [3.8, 4) is 0 Å². The van der Waals surface area contributed by atoms with Crippen LogP contribution >= 0.6 is 0 Å². The highest BCUT2D eigenvalue weighted by atomic mass is 16.2. The smallest absolute Gasteiger partial charge is 0.224 e. The Bertz CT molecular complexity index is 700. The largest absolute Gasteiger partial charge is 0.368 e. The molecule has 0 aliphatic carbocycles. The van der Waals surface area contributed by atoms with Gasteiger partial charge in [0.25, 0.3) is 0 Å². The molecule has 0 radical (unpaired) electrons. The molecule has 1 aliphatic rings. The third-order valence-corrected chi connectivity index (χ3v) is 3.97. The average Bonchev–Trinajstić information content (AvgIpc) is 2.74. The second-order valence-electron chi connectivity index (χ2n) is 5.29. The molecule has 0 unspecified atom stereocenters. The van der Waals surface area contributed by atoms with E-state index in [1.807, 2.05) is 23.4 Å². The number of nitrogens with zero attached hydrogens (tertiary/aromatic N) is 6. The van der Waals surface area contributed by atoms with E-state index in [0.717, 1.165) is 35.9 Å². The lowest BCUT2D eigenvalue weighted by atomic mass is 10.3. The van der Waals surface area contributed by atoms with E-state index in [4.69, 9.17) is 5.73 Å². The zero-order valence-corrected chi connectivity index (χ0v) is 12.5. The van der Waals surface area contributed by atoms with Crippen LogP contribution in [0.15, 0.2) is 0 Å². The number of imidazole rings is 1. The molecule has 0 aromatic carbocycles. The summed E-state index contributed by atoms with van der Waals surface area (Å²) in [5.74, 6) is 1.98. The van der Waals surface area contributed by atoms with Crippen molar-refractivity contribution in [3.05, 3.63) is 5.82 Å². The van der Waals surface area contributed by atoms with Crippen LogP contribution < -0.4 is 10.6 Å². The molecular weight excluding hydrogens is 270 g/mol. The number of rotatable bonds is 1. The molecular formula is C13H19N7O. The molecule has 2 aromatic heterocycles.